The van der Waals surface area contributed by atoms with Gasteiger partial charge in [-0.25, -0.2) is 0 Å². The van der Waals surface area contributed by atoms with Gasteiger partial charge in [-0.3, -0.25) is 4.90 Å². The van der Waals surface area contributed by atoms with Crippen LogP contribution in [-0.4, -0.2) is 43.7 Å². The second kappa shape index (κ2) is 5.74. The van der Waals surface area contributed by atoms with Gasteiger partial charge < -0.3 is 10.2 Å². The highest BCUT2D eigenvalue weighted by atomic mass is 15.3. The number of piperazine rings is 1. The Kier molecular flexibility index (Phi) is 3.99. The van der Waals surface area contributed by atoms with Crippen molar-refractivity contribution in [2.45, 2.75) is 44.8 Å². The molecule has 0 saturated carbocycles. The minimum absolute atomic E-state index is 0.403. The van der Waals surface area contributed by atoms with Crippen LogP contribution in [0.25, 0.3) is 0 Å². The molecule has 3 unspecified atom stereocenters. The maximum atomic E-state index is 3.38. The van der Waals surface area contributed by atoms with Gasteiger partial charge in [-0.15, -0.1) is 0 Å². The lowest BCUT2D eigenvalue weighted by atomic mass is 10.0. The second-order valence-corrected chi connectivity index (χ2v) is 6.36. The zero-order valence-electron chi connectivity index (χ0n) is 13.0. The Morgan fingerprint density at radius 2 is 2.05 bits per heavy atom. The Balaban J connectivity index is 1.88. The Morgan fingerprint density at radius 1 is 1.25 bits per heavy atom. The van der Waals surface area contributed by atoms with Crippen molar-refractivity contribution in [3.63, 3.8) is 0 Å². The van der Waals surface area contributed by atoms with Gasteiger partial charge in [0.1, 0.15) is 0 Å². The van der Waals surface area contributed by atoms with Crippen LogP contribution in [-0.2, 0) is 0 Å². The lowest BCUT2D eigenvalue weighted by molar-refractivity contribution is 0.202. The molecule has 0 spiro atoms. The molecule has 1 aromatic rings. The summed E-state index contributed by atoms with van der Waals surface area (Å²) < 4.78 is 0. The first-order valence-electron chi connectivity index (χ1n) is 7.97. The van der Waals surface area contributed by atoms with Crippen molar-refractivity contribution in [3.05, 3.63) is 29.8 Å². The summed E-state index contributed by atoms with van der Waals surface area (Å²) in [7, 11) is 2.04. The fraction of sp³-hybridized carbons (Fsp3) is 0.647. The molecule has 3 rings (SSSR count). The van der Waals surface area contributed by atoms with Gasteiger partial charge in [0, 0.05) is 36.9 Å². The zero-order chi connectivity index (χ0) is 14.1. The minimum Gasteiger partial charge on any atom is -0.366 e. The summed E-state index contributed by atoms with van der Waals surface area (Å²) >= 11 is 0. The fourth-order valence-electron chi connectivity index (χ4n) is 3.79. The Hall–Kier alpha value is -1.06. The van der Waals surface area contributed by atoms with Crippen molar-refractivity contribution in [2.75, 3.05) is 31.6 Å². The molecule has 2 aliphatic heterocycles. The van der Waals surface area contributed by atoms with Crippen LogP contribution < -0.4 is 10.2 Å². The van der Waals surface area contributed by atoms with Gasteiger partial charge in [0.25, 0.3) is 0 Å². The van der Waals surface area contributed by atoms with E-state index >= 15 is 0 Å². The molecule has 0 radical (unpaired) electrons. The van der Waals surface area contributed by atoms with E-state index in [0.29, 0.717) is 12.1 Å². The Bertz CT molecular complexity index is 459. The summed E-state index contributed by atoms with van der Waals surface area (Å²) in [4.78, 5) is 5.32. The van der Waals surface area contributed by atoms with E-state index in [0.717, 1.165) is 6.04 Å². The van der Waals surface area contributed by atoms with Crippen LogP contribution in [0, 0.1) is 0 Å². The maximum absolute atomic E-state index is 3.38. The molecule has 3 nitrogen and oxygen atoms in total. The predicted molar refractivity (Wildman–Crippen MR) is 85.3 cm³/mol. The largest absolute Gasteiger partial charge is 0.366 e. The number of hydrogen-bond donors (Lipinski definition) is 1. The van der Waals surface area contributed by atoms with Gasteiger partial charge in [-0.05, 0) is 51.9 Å². The molecule has 2 fully saturated rings. The van der Waals surface area contributed by atoms with E-state index < -0.39 is 0 Å². The molecule has 0 aromatic heterocycles. The summed E-state index contributed by atoms with van der Waals surface area (Å²) in [6.45, 7) is 8.32. The van der Waals surface area contributed by atoms with E-state index in [1.54, 1.807) is 0 Å². The van der Waals surface area contributed by atoms with Crippen molar-refractivity contribution in [3.8, 4) is 0 Å². The molecule has 0 amide bonds. The number of nitrogens with zero attached hydrogens (tertiary/aromatic N) is 2. The number of hydrogen-bond acceptors (Lipinski definition) is 3. The van der Waals surface area contributed by atoms with Crippen LogP contribution in [0.4, 0.5) is 5.69 Å². The molecule has 2 saturated heterocycles. The van der Waals surface area contributed by atoms with Gasteiger partial charge in [-0.2, -0.15) is 0 Å². The molecule has 2 aliphatic rings. The first-order chi connectivity index (χ1) is 9.70. The van der Waals surface area contributed by atoms with Crippen molar-refractivity contribution in [2.24, 2.45) is 0 Å². The van der Waals surface area contributed by atoms with E-state index in [9.17, 15) is 0 Å². The van der Waals surface area contributed by atoms with E-state index in [2.05, 4.69) is 53.2 Å². The summed E-state index contributed by atoms with van der Waals surface area (Å²) in [5.74, 6) is 0. The predicted octanol–water partition coefficient (Wildman–Crippen LogP) is 2.64. The number of benzene rings is 1. The smallest absolute Gasteiger partial charge is 0.0418 e. The fourth-order valence-corrected chi connectivity index (χ4v) is 3.79. The molecular formula is C17H27N3. The normalized spacial score (nSPS) is 28.4. The van der Waals surface area contributed by atoms with Crippen LogP contribution in [0.1, 0.15) is 38.3 Å². The molecule has 3 heteroatoms. The molecule has 2 heterocycles. The monoisotopic (exact) mass is 273 g/mol. The first-order valence-corrected chi connectivity index (χ1v) is 7.97. The molecule has 1 aromatic carbocycles. The van der Waals surface area contributed by atoms with Gasteiger partial charge in [-0.1, -0.05) is 18.2 Å². The molecule has 20 heavy (non-hydrogen) atoms. The van der Waals surface area contributed by atoms with E-state index in [4.69, 9.17) is 0 Å². The van der Waals surface area contributed by atoms with Crippen LogP contribution >= 0.6 is 0 Å². The minimum atomic E-state index is 0.403. The molecule has 0 aliphatic carbocycles. The summed E-state index contributed by atoms with van der Waals surface area (Å²) in [5.41, 5.74) is 2.85. The zero-order valence-corrected chi connectivity index (χ0v) is 13.0. The Morgan fingerprint density at radius 3 is 2.85 bits per heavy atom. The van der Waals surface area contributed by atoms with Crippen LogP contribution in [0.2, 0.25) is 0 Å². The SMILES string of the molecule is CNC(C)c1ccccc1N1CC2CCCN2CC1C. The topological polar surface area (TPSA) is 18.5 Å². The average molecular weight is 273 g/mol. The Labute approximate surface area is 123 Å². The molecule has 0 bridgehead atoms. The van der Waals surface area contributed by atoms with E-state index in [1.807, 2.05) is 7.05 Å². The maximum Gasteiger partial charge on any atom is 0.0418 e. The van der Waals surface area contributed by atoms with Crippen LogP contribution in [0.15, 0.2) is 24.3 Å². The third-order valence-corrected chi connectivity index (χ3v) is 5.08. The second-order valence-electron chi connectivity index (χ2n) is 6.36. The molecule has 1 N–H and O–H groups in total. The number of nitrogens with one attached hydrogen (secondary N) is 1. The standard InChI is InChI=1S/C17H27N3/c1-13-11-19-10-6-7-15(19)12-20(13)17-9-5-4-8-16(17)14(2)18-3/h4-5,8-9,13-15,18H,6-7,10-12H2,1-3H3. The number of fused-ring (bicyclic) bond motifs is 1. The molecular weight excluding hydrogens is 246 g/mol. The lowest BCUT2D eigenvalue weighted by Gasteiger charge is -2.44. The summed E-state index contributed by atoms with van der Waals surface area (Å²) in [6, 6.07) is 10.7. The van der Waals surface area contributed by atoms with Gasteiger partial charge >= 0.3 is 0 Å². The van der Waals surface area contributed by atoms with Crippen molar-refractivity contribution in [1.82, 2.24) is 10.2 Å². The van der Waals surface area contributed by atoms with Gasteiger partial charge in [0.15, 0.2) is 0 Å². The quantitative estimate of drug-likeness (QED) is 0.913. The highest BCUT2D eigenvalue weighted by molar-refractivity contribution is 5.56. The number of para-hydroxylation sites is 1. The van der Waals surface area contributed by atoms with E-state index in [1.165, 1.54) is 43.7 Å². The molecule has 110 valence electrons. The van der Waals surface area contributed by atoms with E-state index in [-0.39, 0.29) is 0 Å². The average Bonchev–Trinajstić information content (AvgIpc) is 2.92. The highest BCUT2D eigenvalue weighted by Gasteiger charge is 2.35. The van der Waals surface area contributed by atoms with Crippen molar-refractivity contribution < 1.29 is 0 Å². The third kappa shape index (κ3) is 2.45. The van der Waals surface area contributed by atoms with Gasteiger partial charge in [0.2, 0.25) is 0 Å². The summed E-state index contributed by atoms with van der Waals surface area (Å²) in [6.07, 6.45) is 2.74. The van der Waals surface area contributed by atoms with Crippen LogP contribution in [0.5, 0.6) is 0 Å². The first kappa shape index (κ1) is 13.9. The highest BCUT2D eigenvalue weighted by Crippen LogP contribution is 2.32. The van der Waals surface area contributed by atoms with Gasteiger partial charge in [0.05, 0.1) is 0 Å². The van der Waals surface area contributed by atoms with Crippen molar-refractivity contribution >= 4 is 5.69 Å². The summed E-state index contributed by atoms with van der Waals surface area (Å²) in [5, 5.41) is 3.38. The van der Waals surface area contributed by atoms with Crippen molar-refractivity contribution in [1.29, 1.82) is 0 Å². The lowest BCUT2D eigenvalue weighted by Crippen LogP contribution is -2.55. The number of anilines is 1. The van der Waals surface area contributed by atoms with Crippen LogP contribution in [0.3, 0.4) is 0 Å². The molecule has 3 atom stereocenters. The third-order valence-electron chi connectivity index (χ3n) is 5.08. The number of rotatable bonds is 3.